The normalized spacial score (nSPS) is 21.3. The van der Waals surface area contributed by atoms with Crippen LogP contribution in [0.5, 0.6) is 0 Å². The van der Waals surface area contributed by atoms with Crippen molar-refractivity contribution in [3.8, 4) is 0 Å². The fourth-order valence-electron chi connectivity index (χ4n) is 3.57. The van der Waals surface area contributed by atoms with Crippen LogP contribution in [0.3, 0.4) is 0 Å². The fourth-order valence-corrected chi connectivity index (χ4v) is 5.58. The van der Waals surface area contributed by atoms with Crippen molar-refractivity contribution in [1.29, 1.82) is 0 Å². The summed E-state index contributed by atoms with van der Waals surface area (Å²) in [7, 11) is -3.21. The molecule has 0 spiro atoms. The summed E-state index contributed by atoms with van der Waals surface area (Å²) in [5, 5.41) is 12.6. The molecule has 168 valence electrons. The first kappa shape index (κ1) is 24.2. The maximum Gasteiger partial charge on any atom is 0.251 e. The molecule has 0 aromatic carbocycles. The average molecular weight is 432 g/mol. The molecule has 1 saturated heterocycles. The zero-order valence-corrected chi connectivity index (χ0v) is 19.3. The van der Waals surface area contributed by atoms with Crippen molar-refractivity contribution in [2.45, 2.75) is 76.9 Å². The lowest BCUT2D eigenvalue weighted by molar-refractivity contribution is -0.123. The van der Waals surface area contributed by atoms with Crippen molar-refractivity contribution in [1.82, 2.24) is 5.32 Å². The predicted octanol–water partition coefficient (Wildman–Crippen LogP) is 3.80. The Morgan fingerprint density at radius 3 is 2.38 bits per heavy atom. The molecule has 4 N–H and O–H groups in total. The van der Waals surface area contributed by atoms with Crippen LogP contribution in [0.15, 0.2) is 23.1 Å². The van der Waals surface area contributed by atoms with E-state index in [1.807, 2.05) is 20.8 Å². The third kappa shape index (κ3) is 4.82. The first-order chi connectivity index (χ1) is 13.4. The zero-order valence-electron chi connectivity index (χ0n) is 18.4. The Bertz CT molecular complexity index is 675. The van der Waals surface area contributed by atoms with Crippen molar-refractivity contribution >= 4 is 16.5 Å². The maximum absolute atomic E-state index is 13.0. The summed E-state index contributed by atoms with van der Waals surface area (Å²) in [6, 6.07) is 0. The first-order valence-corrected chi connectivity index (χ1v) is 11.9. The van der Waals surface area contributed by atoms with Gasteiger partial charge in [-0.15, -0.1) is 0 Å². The molecule has 1 amide bonds. The molecule has 0 radical (unpaired) electrons. The molecule has 1 unspecified atom stereocenters. The molecule has 1 fully saturated rings. The van der Waals surface area contributed by atoms with Crippen LogP contribution in [0.2, 0.25) is 0 Å². The number of hydrogen-bond acceptors (Lipinski definition) is 6. The van der Waals surface area contributed by atoms with Crippen molar-refractivity contribution in [3.63, 3.8) is 0 Å². The van der Waals surface area contributed by atoms with Gasteiger partial charge in [-0.05, 0) is 51.2 Å². The third-order valence-corrected chi connectivity index (χ3v) is 9.48. The van der Waals surface area contributed by atoms with Crippen LogP contribution in [-0.2, 0) is 14.3 Å². The van der Waals surface area contributed by atoms with Crippen LogP contribution in [0.1, 0.15) is 60.8 Å². The molecule has 2 aliphatic rings. The maximum atomic E-state index is 13.0. The van der Waals surface area contributed by atoms with E-state index in [0.717, 1.165) is 17.6 Å². The lowest BCUT2D eigenvalue weighted by Crippen LogP contribution is -2.49. The van der Waals surface area contributed by atoms with Crippen LogP contribution in [0.25, 0.3) is 0 Å². The highest BCUT2D eigenvalue weighted by molar-refractivity contribution is 8.26. The van der Waals surface area contributed by atoms with E-state index in [1.165, 1.54) is 0 Å². The Hall–Kier alpha value is -1.06. The van der Waals surface area contributed by atoms with Gasteiger partial charge >= 0.3 is 0 Å². The van der Waals surface area contributed by atoms with E-state index in [1.54, 1.807) is 26.8 Å². The smallest absolute Gasteiger partial charge is 0.251 e. The van der Waals surface area contributed by atoms with Gasteiger partial charge in [0, 0.05) is 24.7 Å². The summed E-state index contributed by atoms with van der Waals surface area (Å²) < 4.78 is 31.5. The molecule has 7 nitrogen and oxygen atoms in total. The molecular formula is C21H37NO6S. The van der Waals surface area contributed by atoms with Gasteiger partial charge in [-0.2, -0.15) is 10.6 Å². The minimum atomic E-state index is -3.21. The quantitative estimate of drug-likeness (QED) is 0.488. The first-order valence-electron chi connectivity index (χ1n) is 10.3. The Kier molecular flexibility index (Phi) is 7.49. The second-order valence-electron chi connectivity index (χ2n) is 8.93. The number of nitrogens with one attached hydrogen (secondary N) is 1. The summed E-state index contributed by atoms with van der Waals surface area (Å²) in [4.78, 5) is 13.0. The number of carbonyl (C=O) groups is 1. The van der Waals surface area contributed by atoms with Gasteiger partial charge in [0.05, 0.1) is 11.4 Å². The molecule has 1 atom stereocenters. The van der Waals surface area contributed by atoms with Crippen LogP contribution in [0, 0.1) is 5.41 Å². The number of aliphatic hydroxyl groups is 1. The van der Waals surface area contributed by atoms with Gasteiger partial charge in [0.15, 0.2) is 5.88 Å². The summed E-state index contributed by atoms with van der Waals surface area (Å²) in [5.74, 6) is -0.226. The summed E-state index contributed by atoms with van der Waals surface area (Å²) >= 11 is 0. The lowest BCUT2D eigenvalue weighted by atomic mass is 9.76. The monoisotopic (exact) mass is 431 g/mol. The van der Waals surface area contributed by atoms with Gasteiger partial charge in [-0.25, -0.2) is 0 Å². The summed E-state index contributed by atoms with van der Waals surface area (Å²) in [6.45, 7) is 12.1. The molecular weight excluding hydrogens is 394 g/mol. The number of ether oxygens (including phenoxy) is 2. The number of rotatable bonds is 7. The molecule has 0 saturated carbocycles. The van der Waals surface area contributed by atoms with Gasteiger partial charge < -0.3 is 14.6 Å². The second kappa shape index (κ2) is 8.98. The minimum Gasteiger partial charge on any atom is -0.474 e. The Morgan fingerprint density at radius 2 is 1.86 bits per heavy atom. The number of carbonyl (C=O) groups excluding carboxylic acids is 1. The highest BCUT2D eigenvalue weighted by Crippen LogP contribution is 2.58. The molecule has 0 aromatic heterocycles. The fraction of sp³-hybridized carbons (Fsp3) is 0.762. The number of aliphatic hydroxyl groups excluding tert-OH is 1. The summed E-state index contributed by atoms with van der Waals surface area (Å²) in [6.07, 6.45) is 2.99. The Labute approximate surface area is 175 Å². The number of amides is 1. The van der Waals surface area contributed by atoms with E-state index in [4.69, 9.17) is 9.47 Å². The molecule has 2 aliphatic heterocycles. The van der Waals surface area contributed by atoms with Gasteiger partial charge in [-0.3, -0.25) is 19.2 Å². The molecule has 2 heterocycles. The standard InChI is InChI=1S/C21H37NO6S/c1-7-15-13-28-18(12-17(15)20(3,4)14(2)23)22-19(24)21(5,6)29(25,26)16-8-10-27-11-9-16/h12,14,16,23,25-26H,7-11,13H2,1-6H3,(H,22,24). The van der Waals surface area contributed by atoms with Crippen LogP contribution in [0.4, 0.5) is 0 Å². The molecule has 29 heavy (non-hydrogen) atoms. The van der Waals surface area contributed by atoms with E-state index < -0.39 is 32.8 Å². The molecule has 0 aromatic rings. The van der Waals surface area contributed by atoms with Crippen molar-refractivity contribution < 1.29 is 28.5 Å². The number of allylic oxidation sites excluding steroid dienone is 1. The third-order valence-electron chi connectivity index (χ3n) is 6.39. The van der Waals surface area contributed by atoms with E-state index in [9.17, 15) is 19.0 Å². The number of hydrogen-bond donors (Lipinski definition) is 4. The highest BCUT2D eigenvalue weighted by atomic mass is 32.3. The molecule has 0 bridgehead atoms. The largest absolute Gasteiger partial charge is 0.474 e. The van der Waals surface area contributed by atoms with Gasteiger partial charge in [-0.1, -0.05) is 20.8 Å². The van der Waals surface area contributed by atoms with Gasteiger partial charge in [0.1, 0.15) is 11.4 Å². The van der Waals surface area contributed by atoms with Gasteiger partial charge in [0.25, 0.3) is 5.91 Å². The topological polar surface area (TPSA) is 108 Å². The highest BCUT2D eigenvalue weighted by Gasteiger charge is 2.47. The minimum absolute atomic E-state index is 0.270. The van der Waals surface area contributed by atoms with Crippen molar-refractivity contribution in [2.24, 2.45) is 5.41 Å². The molecule has 0 aliphatic carbocycles. The average Bonchev–Trinajstić information content (AvgIpc) is 2.68. The lowest BCUT2D eigenvalue weighted by Gasteiger charge is -2.51. The van der Waals surface area contributed by atoms with Crippen LogP contribution in [-0.4, -0.2) is 56.0 Å². The van der Waals surface area contributed by atoms with E-state index in [-0.39, 0.29) is 11.1 Å². The predicted molar refractivity (Wildman–Crippen MR) is 116 cm³/mol. The molecule has 8 heteroatoms. The van der Waals surface area contributed by atoms with Crippen LogP contribution < -0.4 is 5.32 Å². The summed E-state index contributed by atoms with van der Waals surface area (Å²) in [5.41, 5.74) is 1.50. The van der Waals surface area contributed by atoms with E-state index in [0.29, 0.717) is 32.7 Å². The Morgan fingerprint density at radius 1 is 1.28 bits per heavy atom. The van der Waals surface area contributed by atoms with Gasteiger partial charge in [0.2, 0.25) is 0 Å². The van der Waals surface area contributed by atoms with Crippen LogP contribution >= 0.6 is 10.6 Å². The zero-order chi connectivity index (χ0) is 22.0. The molecule has 2 rings (SSSR count). The van der Waals surface area contributed by atoms with Crippen molar-refractivity contribution in [3.05, 3.63) is 23.1 Å². The van der Waals surface area contributed by atoms with E-state index in [2.05, 4.69) is 5.32 Å². The second-order valence-corrected chi connectivity index (χ2v) is 11.8. The SMILES string of the molecule is CCC1=C(C(C)(C)C(C)O)C=C(NC(=O)C(C)(C)S(O)(O)C2CCOCC2)OC1. The Balaban J connectivity index is 2.24. The van der Waals surface area contributed by atoms with Crippen molar-refractivity contribution in [2.75, 3.05) is 19.8 Å². The van der Waals surface area contributed by atoms with E-state index >= 15 is 0 Å².